The van der Waals surface area contributed by atoms with Gasteiger partial charge in [-0.05, 0) is 30.4 Å². The van der Waals surface area contributed by atoms with Crippen LogP contribution in [-0.2, 0) is 0 Å². The second-order valence-corrected chi connectivity index (χ2v) is 6.40. The summed E-state index contributed by atoms with van der Waals surface area (Å²) in [6.07, 6.45) is 6.06. The molecule has 1 atom stereocenters. The topological polar surface area (TPSA) is 41.5 Å². The Bertz CT molecular complexity index is 419. The van der Waals surface area contributed by atoms with Gasteiger partial charge in [0.05, 0.1) is 0 Å². The van der Waals surface area contributed by atoms with Crippen LogP contribution in [0.3, 0.4) is 0 Å². The lowest BCUT2D eigenvalue weighted by Gasteiger charge is -2.24. The zero-order valence-corrected chi connectivity index (χ0v) is 14.6. The lowest BCUT2D eigenvalue weighted by Crippen LogP contribution is -2.35. The molecule has 3 nitrogen and oxygen atoms in total. The second kappa shape index (κ2) is 10.1. The molecule has 2 N–H and O–H groups in total. The van der Waals surface area contributed by atoms with Crippen LogP contribution in [-0.4, -0.2) is 30.4 Å². The molecular formula is C18H30ClNO2. The lowest BCUT2D eigenvalue weighted by molar-refractivity contribution is 0.104. The smallest absolute Gasteiger partial charge is 0.122 e. The first-order chi connectivity index (χ1) is 10.2. The van der Waals surface area contributed by atoms with Gasteiger partial charge in [-0.25, -0.2) is 0 Å². The minimum absolute atomic E-state index is 0. The van der Waals surface area contributed by atoms with Gasteiger partial charge in [0.2, 0.25) is 0 Å². The normalized spacial score (nSPS) is 17.1. The van der Waals surface area contributed by atoms with E-state index in [9.17, 15) is 5.11 Å². The van der Waals surface area contributed by atoms with E-state index >= 15 is 0 Å². The molecule has 22 heavy (non-hydrogen) atoms. The highest BCUT2D eigenvalue weighted by molar-refractivity contribution is 5.85. The number of rotatable bonds is 7. The number of aliphatic hydroxyl groups excluding tert-OH is 1. The standard InChI is InChI=1S/C18H29NO2.ClH/c1-14(2)19-12-16(20)13-21-18-11-7-6-10-17(18)15-8-4-3-5-9-15;/h6-7,10-11,14-16,19-20H,3-5,8-9,12-13H2,1-2H3;1H/t16-;/m0./s1. The van der Waals surface area contributed by atoms with Crippen molar-refractivity contribution < 1.29 is 9.84 Å². The molecule has 1 aliphatic carbocycles. The molecule has 1 saturated carbocycles. The Kier molecular flexibility index (Phi) is 8.84. The van der Waals surface area contributed by atoms with Crippen molar-refractivity contribution in [2.75, 3.05) is 13.2 Å². The maximum atomic E-state index is 9.97. The Morgan fingerprint density at radius 1 is 1.18 bits per heavy atom. The Labute approximate surface area is 140 Å². The zero-order valence-electron chi connectivity index (χ0n) is 13.8. The van der Waals surface area contributed by atoms with Gasteiger partial charge in [-0.3, -0.25) is 0 Å². The summed E-state index contributed by atoms with van der Waals surface area (Å²) in [5.74, 6) is 1.58. The fourth-order valence-electron chi connectivity index (χ4n) is 2.98. The summed E-state index contributed by atoms with van der Waals surface area (Å²) < 4.78 is 5.89. The third-order valence-electron chi connectivity index (χ3n) is 4.16. The molecule has 0 unspecified atom stereocenters. The third-order valence-corrected chi connectivity index (χ3v) is 4.16. The van der Waals surface area contributed by atoms with Crippen LogP contribution in [0.4, 0.5) is 0 Å². The van der Waals surface area contributed by atoms with Gasteiger partial charge in [-0.2, -0.15) is 0 Å². The summed E-state index contributed by atoms with van der Waals surface area (Å²) in [5.41, 5.74) is 1.32. The van der Waals surface area contributed by atoms with Crippen molar-refractivity contribution in [3.63, 3.8) is 0 Å². The van der Waals surface area contributed by atoms with Crippen molar-refractivity contribution in [2.24, 2.45) is 0 Å². The maximum Gasteiger partial charge on any atom is 0.122 e. The molecule has 0 heterocycles. The average molecular weight is 328 g/mol. The molecule has 0 radical (unpaired) electrons. The van der Waals surface area contributed by atoms with Gasteiger partial charge in [-0.1, -0.05) is 51.3 Å². The molecule has 1 aromatic carbocycles. The van der Waals surface area contributed by atoms with Crippen molar-refractivity contribution in [2.45, 2.75) is 64.0 Å². The molecule has 126 valence electrons. The van der Waals surface area contributed by atoms with E-state index in [2.05, 4.69) is 31.3 Å². The molecule has 4 heteroatoms. The molecule has 0 aliphatic heterocycles. The first kappa shape index (κ1) is 19.3. The SMILES string of the molecule is CC(C)NC[C@H](O)COc1ccccc1C1CCCCC1.Cl. The number of hydrogen-bond donors (Lipinski definition) is 2. The van der Waals surface area contributed by atoms with Gasteiger partial charge in [0.1, 0.15) is 18.5 Å². The third kappa shape index (κ3) is 6.15. The summed E-state index contributed by atoms with van der Waals surface area (Å²) in [4.78, 5) is 0. The molecular weight excluding hydrogens is 298 g/mol. The highest BCUT2D eigenvalue weighted by atomic mass is 35.5. The Balaban J connectivity index is 0.00000242. The highest BCUT2D eigenvalue weighted by Crippen LogP contribution is 2.37. The Hall–Kier alpha value is -0.770. The molecule has 1 fully saturated rings. The molecule has 1 aromatic rings. The van der Waals surface area contributed by atoms with Gasteiger partial charge in [-0.15, -0.1) is 12.4 Å². The van der Waals surface area contributed by atoms with E-state index < -0.39 is 6.10 Å². The Morgan fingerprint density at radius 2 is 1.86 bits per heavy atom. The van der Waals surface area contributed by atoms with Gasteiger partial charge < -0.3 is 15.2 Å². The van der Waals surface area contributed by atoms with Crippen molar-refractivity contribution in [1.29, 1.82) is 0 Å². The van der Waals surface area contributed by atoms with E-state index in [-0.39, 0.29) is 12.4 Å². The van der Waals surface area contributed by atoms with Crippen LogP contribution in [0, 0.1) is 0 Å². The van der Waals surface area contributed by atoms with Gasteiger partial charge in [0.15, 0.2) is 0 Å². The number of halogens is 1. The van der Waals surface area contributed by atoms with E-state index in [0.29, 0.717) is 25.1 Å². The summed E-state index contributed by atoms with van der Waals surface area (Å²) in [6, 6.07) is 8.71. The van der Waals surface area contributed by atoms with Crippen molar-refractivity contribution in [1.82, 2.24) is 5.32 Å². The Morgan fingerprint density at radius 3 is 2.55 bits per heavy atom. The predicted molar refractivity (Wildman–Crippen MR) is 94.2 cm³/mol. The first-order valence-corrected chi connectivity index (χ1v) is 8.30. The molecule has 0 bridgehead atoms. The maximum absolute atomic E-state index is 9.97. The summed E-state index contributed by atoms with van der Waals surface area (Å²) in [5, 5.41) is 13.2. The van der Waals surface area contributed by atoms with Crippen molar-refractivity contribution in [3.05, 3.63) is 29.8 Å². The number of ether oxygens (including phenoxy) is 1. The van der Waals surface area contributed by atoms with Gasteiger partial charge >= 0.3 is 0 Å². The number of hydrogen-bond acceptors (Lipinski definition) is 3. The van der Waals surface area contributed by atoms with Crippen LogP contribution < -0.4 is 10.1 Å². The lowest BCUT2D eigenvalue weighted by atomic mass is 9.84. The van der Waals surface area contributed by atoms with Crippen molar-refractivity contribution in [3.8, 4) is 5.75 Å². The average Bonchev–Trinajstić information content (AvgIpc) is 2.52. The summed E-state index contributed by atoms with van der Waals surface area (Å²) in [7, 11) is 0. The molecule has 0 saturated heterocycles. The molecule has 0 spiro atoms. The number of aliphatic hydroxyl groups is 1. The van der Waals surface area contributed by atoms with Crippen LogP contribution in [0.25, 0.3) is 0 Å². The van der Waals surface area contributed by atoms with Crippen LogP contribution in [0.5, 0.6) is 5.75 Å². The first-order valence-electron chi connectivity index (χ1n) is 8.30. The quantitative estimate of drug-likeness (QED) is 0.798. The van der Waals surface area contributed by atoms with E-state index in [0.717, 1.165) is 5.75 Å². The van der Waals surface area contributed by atoms with E-state index in [4.69, 9.17) is 4.74 Å². The van der Waals surface area contributed by atoms with E-state index in [1.54, 1.807) is 0 Å². The van der Waals surface area contributed by atoms with Crippen LogP contribution in [0.15, 0.2) is 24.3 Å². The zero-order chi connectivity index (χ0) is 15.1. The fourth-order valence-corrected chi connectivity index (χ4v) is 2.98. The van der Waals surface area contributed by atoms with Gasteiger partial charge in [0.25, 0.3) is 0 Å². The molecule has 0 amide bonds. The second-order valence-electron chi connectivity index (χ2n) is 6.40. The number of para-hydroxylation sites is 1. The van der Waals surface area contributed by atoms with Crippen LogP contribution in [0.2, 0.25) is 0 Å². The van der Waals surface area contributed by atoms with Crippen LogP contribution in [0.1, 0.15) is 57.4 Å². The summed E-state index contributed by atoms with van der Waals surface area (Å²) >= 11 is 0. The number of nitrogens with one attached hydrogen (secondary N) is 1. The van der Waals surface area contributed by atoms with E-state index in [1.807, 2.05) is 12.1 Å². The van der Waals surface area contributed by atoms with Crippen LogP contribution >= 0.6 is 12.4 Å². The largest absolute Gasteiger partial charge is 0.491 e. The van der Waals surface area contributed by atoms with E-state index in [1.165, 1.54) is 37.7 Å². The van der Waals surface area contributed by atoms with Crippen molar-refractivity contribution >= 4 is 12.4 Å². The monoisotopic (exact) mass is 327 g/mol. The summed E-state index contributed by atoms with van der Waals surface area (Å²) in [6.45, 7) is 5.07. The number of benzene rings is 1. The predicted octanol–water partition coefficient (Wildman–Crippen LogP) is 3.89. The minimum atomic E-state index is -0.466. The molecule has 1 aliphatic rings. The fraction of sp³-hybridized carbons (Fsp3) is 0.667. The molecule has 2 rings (SSSR count). The highest BCUT2D eigenvalue weighted by Gasteiger charge is 2.19. The van der Waals surface area contributed by atoms with Gasteiger partial charge in [0, 0.05) is 12.6 Å². The molecule has 0 aromatic heterocycles. The minimum Gasteiger partial charge on any atom is -0.491 e.